The molecule has 2 fully saturated rings. The number of carboxylic acids is 1. The minimum atomic E-state index is -0.845. The first kappa shape index (κ1) is 15.8. The lowest BCUT2D eigenvalue weighted by Gasteiger charge is -2.33. The first-order valence-electron chi connectivity index (χ1n) is 7.77. The molecule has 2 heterocycles. The first-order chi connectivity index (χ1) is 11.0. The number of hydrogen-bond donors (Lipinski definition) is 1. The molecule has 0 unspecified atom stereocenters. The Balaban J connectivity index is 1.72. The van der Waals surface area contributed by atoms with Crippen molar-refractivity contribution in [1.29, 1.82) is 0 Å². The Labute approximate surface area is 135 Å². The molecule has 1 amide bonds. The zero-order valence-electron chi connectivity index (χ0n) is 13.2. The molecule has 124 valence electrons. The highest BCUT2D eigenvalue weighted by Crippen LogP contribution is 2.42. The highest BCUT2D eigenvalue weighted by atomic mass is 16.5. The number of fused-ring (bicyclic) bond motifs is 1. The smallest absolute Gasteiger partial charge is 0.311 e. The topological polar surface area (TPSA) is 76.1 Å². The molecule has 2 atom stereocenters. The van der Waals surface area contributed by atoms with Crippen LogP contribution in [0.15, 0.2) is 24.3 Å². The van der Waals surface area contributed by atoms with Crippen molar-refractivity contribution in [3.8, 4) is 5.75 Å². The summed E-state index contributed by atoms with van der Waals surface area (Å²) >= 11 is 0. The molecule has 0 saturated carbocycles. The van der Waals surface area contributed by atoms with Gasteiger partial charge in [0, 0.05) is 25.6 Å². The van der Waals surface area contributed by atoms with Crippen LogP contribution in [-0.2, 0) is 20.7 Å². The monoisotopic (exact) mass is 319 g/mol. The van der Waals surface area contributed by atoms with Crippen LogP contribution < -0.4 is 4.74 Å². The Morgan fingerprint density at radius 3 is 3.00 bits per heavy atom. The van der Waals surface area contributed by atoms with Crippen molar-refractivity contribution in [1.82, 2.24) is 4.90 Å². The quantitative estimate of drug-likeness (QED) is 0.902. The molecule has 1 aromatic carbocycles. The fourth-order valence-corrected chi connectivity index (χ4v) is 3.56. The van der Waals surface area contributed by atoms with E-state index in [4.69, 9.17) is 9.47 Å². The van der Waals surface area contributed by atoms with Gasteiger partial charge in [0.2, 0.25) is 5.91 Å². The second-order valence-electron chi connectivity index (χ2n) is 6.29. The van der Waals surface area contributed by atoms with E-state index in [9.17, 15) is 14.7 Å². The van der Waals surface area contributed by atoms with E-state index in [2.05, 4.69) is 0 Å². The number of hydrogen-bond acceptors (Lipinski definition) is 4. The van der Waals surface area contributed by atoms with Crippen molar-refractivity contribution in [3.05, 3.63) is 29.8 Å². The number of nitrogens with zero attached hydrogens (tertiary/aromatic N) is 1. The van der Waals surface area contributed by atoms with E-state index >= 15 is 0 Å². The van der Waals surface area contributed by atoms with E-state index in [1.807, 2.05) is 24.3 Å². The van der Waals surface area contributed by atoms with E-state index < -0.39 is 11.4 Å². The van der Waals surface area contributed by atoms with Crippen LogP contribution in [0.25, 0.3) is 0 Å². The highest BCUT2D eigenvalue weighted by molar-refractivity contribution is 5.82. The minimum Gasteiger partial charge on any atom is -0.497 e. The average Bonchev–Trinajstić information content (AvgIpc) is 2.96. The van der Waals surface area contributed by atoms with Gasteiger partial charge >= 0.3 is 5.97 Å². The number of amides is 1. The number of likely N-dealkylation sites (tertiary alicyclic amines) is 1. The molecule has 23 heavy (non-hydrogen) atoms. The summed E-state index contributed by atoms with van der Waals surface area (Å²) in [5.74, 6) is -0.278. The van der Waals surface area contributed by atoms with Crippen molar-refractivity contribution in [2.75, 3.05) is 33.4 Å². The summed E-state index contributed by atoms with van der Waals surface area (Å²) in [5, 5.41) is 9.65. The van der Waals surface area contributed by atoms with Gasteiger partial charge in [0.25, 0.3) is 0 Å². The van der Waals surface area contributed by atoms with Crippen molar-refractivity contribution in [2.24, 2.45) is 11.3 Å². The van der Waals surface area contributed by atoms with Crippen LogP contribution in [0.5, 0.6) is 5.75 Å². The second kappa shape index (κ2) is 6.20. The fraction of sp³-hybridized carbons (Fsp3) is 0.529. The summed E-state index contributed by atoms with van der Waals surface area (Å²) in [7, 11) is 1.59. The molecule has 2 saturated heterocycles. The fourth-order valence-electron chi connectivity index (χ4n) is 3.56. The Kier molecular flexibility index (Phi) is 4.26. The Morgan fingerprint density at radius 2 is 2.30 bits per heavy atom. The molecule has 1 aromatic rings. The summed E-state index contributed by atoms with van der Waals surface area (Å²) in [6, 6.07) is 7.38. The van der Waals surface area contributed by atoms with Gasteiger partial charge < -0.3 is 19.5 Å². The van der Waals surface area contributed by atoms with Crippen molar-refractivity contribution < 1.29 is 24.2 Å². The molecule has 0 radical (unpaired) electrons. The maximum Gasteiger partial charge on any atom is 0.311 e. The van der Waals surface area contributed by atoms with E-state index in [0.717, 1.165) is 5.56 Å². The number of aliphatic carboxylic acids is 1. The van der Waals surface area contributed by atoms with Gasteiger partial charge in [-0.25, -0.2) is 0 Å². The van der Waals surface area contributed by atoms with Gasteiger partial charge in [-0.1, -0.05) is 12.1 Å². The summed E-state index contributed by atoms with van der Waals surface area (Å²) in [4.78, 5) is 26.0. The van der Waals surface area contributed by atoms with E-state index in [-0.39, 0.29) is 24.8 Å². The number of carbonyl (C=O) groups is 2. The maximum absolute atomic E-state index is 12.6. The molecule has 2 aliphatic heterocycles. The van der Waals surface area contributed by atoms with Crippen LogP contribution in [0.3, 0.4) is 0 Å². The van der Waals surface area contributed by atoms with Crippen molar-refractivity contribution in [3.63, 3.8) is 0 Å². The normalized spacial score (nSPS) is 26.7. The van der Waals surface area contributed by atoms with Crippen molar-refractivity contribution >= 4 is 11.9 Å². The number of methoxy groups -OCH3 is 1. The number of carbonyl (C=O) groups excluding carboxylic acids is 1. The number of benzene rings is 1. The van der Waals surface area contributed by atoms with Crippen LogP contribution in [0.4, 0.5) is 0 Å². The molecule has 1 N–H and O–H groups in total. The lowest BCUT2D eigenvalue weighted by Crippen LogP contribution is -2.45. The zero-order chi connectivity index (χ0) is 16.4. The van der Waals surface area contributed by atoms with Gasteiger partial charge in [-0.15, -0.1) is 0 Å². The van der Waals surface area contributed by atoms with Gasteiger partial charge in [-0.05, 0) is 24.1 Å². The van der Waals surface area contributed by atoms with Crippen LogP contribution in [-0.4, -0.2) is 55.3 Å². The summed E-state index contributed by atoms with van der Waals surface area (Å²) in [6.45, 7) is 1.59. The number of ether oxygens (including phenoxy) is 2. The third-order valence-corrected chi connectivity index (χ3v) is 4.97. The lowest BCUT2D eigenvalue weighted by atomic mass is 9.74. The van der Waals surface area contributed by atoms with Gasteiger partial charge in [0.15, 0.2) is 0 Å². The SMILES string of the molecule is COc1cccc(CC(=O)N2C[C@H]3COCC[C@@]3(C(=O)O)C2)c1. The Bertz CT molecular complexity index is 617. The van der Waals surface area contributed by atoms with Gasteiger partial charge in [-0.3, -0.25) is 9.59 Å². The molecule has 0 aliphatic carbocycles. The molecule has 6 heteroatoms. The minimum absolute atomic E-state index is 0.0479. The van der Waals surface area contributed by atoms with E-state index in [0.29, 0.717) is 31.9 Å². The zero-order valence-corrected chi connectivity index (χ0v) is 13.2. The molecule has 2 aliphatic rings. The predicted molar refractivity (Wildman–Crippen MR) is 82.3 cm³/mol. The van der Waals surface area contributed by atoms with Crippen LogP contribution in [0.2, 0.25) is 0 Å². The van der Waals surface area contributed by atoms with Crippen LogP contribution in [0, 0.1) is 11.3 Å². The Morgan fingerprint density at radius 1 is 1.48 bits per heavy atom. The molecular formula is C17H21NO5. The maximum atomic E-state index is 12.6. The van der Waals surface area contributed by atoms with E-state index in [1.165, 1.54) is 0 Å². The second-order valence-corrected chi connectivity index (χ2v) is 6.29. The summed E-state index contributed by atoms with van der Waals surface area (Å²) in [6.07, 6.45) is 0.719. The number of rotatable bonds is 4. The van der Waals surface area contributed by atoms with Crippen LogP contribution >= 0.6 is 0 Å². The molecule has 6 nitrogen and oxygen atoms in total. The largest absolute Gasteiger partial charge is 0.497 e. The average molecular weight is 319 g/mol. The predicted octanol–water partition coefficient (Wildman–Crippen LogP) is 1.19. The lowest BCUT2D eigenvalue weighted by molar-refractivity contribution is -0.157. The van der Waals surface area contributed by atoms with Crippen LogP contribution in [0.1, 0.15) is 12.0 Å². The first-order valence-corrected chi connectivity index (χ1v) is 7.77. The molecule has 0 aromatic heterocycles. The van der Waals surface area contributed by atoms with Gasteiger partial charge in [-0.2, -0.15) is 0 Å². The number of carboxylic acid groups (broad SMARTS) is 1. The van der Waals surface area contributed by atoms with E-state index in [1.54, 1.807) is 12.0 Å². The highest BCUT2D eigenvalue weighted by Gasteiger charge is 2.54. The third kappa shape index (κ3) is 2.91. The van der Waals surface area contributed by atoms with Crippen molar-refractivity contribution in [2.45, 2.75) is 12.8 Å². The molecule has 3 rings (SSSR count). The molecule has 0 bridgehead atoms. The molecular weight excluding hydrogens is 298 g/mol. The third-order valence-electron chi connectivity index (χ3n) is 4.97. The Hall–Kier alpha value is -2.08. The van der Waals surface area contributed by atoms with Gasteiger partial charge in [0.1, 0.15) is 5.75 Å². The van der Waals surface area contributed by atoms with Gasteiger partial charge in [0.05, 0.1) is 25.6 Å². The summed E-state index contributed by atoms with van der Waals surface area (Å²) in [5.41, 5.74) is 0.0206. The summed E-state index contributed by atoms with van der Waals surface area (Å²) < 4.78 is 10.6. The standard InChI is InChI=1S/C17H21NO5/c1-22-14-4-2-3-12(7-14)8-15(19)18-9-13-10-23-6-5-17(13,11-18)16(20)21/h2-4,7,13H,5-6,8-11H2,1H3,(H,20,21)/t13-,17+/m0/s1. The molecule has 0 spiro atoms.